The predicted molar refractivity (Wildman–Crippen MR) is 94.1 cm³/mol. The van der Waals surface area contributed by atoms with Gasteiger partial charge in [0.25, 0.3) is 0 Å². The highest BCUT2D eigenvalue weighted by atomic mass is 79.9. The molecule has 0 aliphatic heterocycles. The third-order valence-corrected chi connectivity index (χ3v) is 3.54. The lowest BCUT2D eigenvalue weighted by Crippen LogP contribution is -2.32. The molecule has 0 bridgehead atoms. The molecule has 2 N–H and O–H groups in total. The van der Waals surface area contributed by atoms with Crippen molar-refractivity contribution in [1.29, 1.82) is 0 Å². The van der Waals surface area contributed by atoms with E-state index in [1.807, 2.05) is 50.2 Å². The molecule has 0 aliphatic rings. The van der Waals surface area contributed by atoms with Gasteiger partial charge >= 0.3 is 6.03 Å². The first-order valence-corrected chi connectivity index (χ1v) is 8.05. The Bertz CT molecular complexity index is 677. The third-order valence-electron chi connectivity index (χ3n) is 3.05. The van der Waals surface area contributed by atoms with Gasteiger partial charge in [0.15, 0.2) is 18.2 Å². The molecule has 122 valence electrons. The van der Waals surface area contributed by atoms with Gasteiger partial charge in [-0.2, -0.15) is 0 Å². The molecule has 6 heteroatoms. The van der Waals surface area contributed by atoms with Gasteiger partial charge in [-0.05, 0) is 49.7 Å². The van der Waals surface area contributed by atoms with E-state index < -0.39 is 0 Å². The fourth-order valence-electron chi connectivity index (χ4n) is 1.96. The van der Waals surface area contributed by atoms with E-state index in [9.17, 15) is 4.79 Å². The van der Waals surface area contributed by atoms with E-state index in [2.05, 4.69) is 26.6 Å². The number of carbonyl (C=O) groups excluding carboxylic acids is 1. The van der Waals surface area contributed by atoms with E-state index >= 15 is 0 Å². The molecule has 23 heavy (non-hydrogen) atoms. The lowest BCUT2D eigenvalue weighted by atomic mass is 10.2. The Morgan fingerprint density at radius 1 is 1.13 bits per heavy atom. The molecule has 0 spiro atoms. The molecular weight excluding hydrogens is 360 g/mol. The van der Waals surface area contributed by atoms with Gasteiger partial charge in [-0.3, -0.25) is 0 Å². The van der Waals surface area contributed by atoms with Crippen molar-refractivity contribution in [3.8, 4) is 11.5 Å². The number of hydrogen-bond acceptors (Lipinski definition) is 3. The van der Waals surface area contributed by atoms with Crippen LogP contribution in [-0.4, -0.2) is 19.4 Å². The molecule has 0 heterocycles. The number of halogens is 1. The SMILES string of the molecule is CCOc1ccccc1OCNC(=O)Nc1ccc(Br)cc1C. The normalized spacial score (nSPS) is 10.0. The van der Waals surface area contributed by atoms with Crippen LogP contribution in [0.4, 0.5) is 10.5 Å². The number of urea groups is 1. The van der Waals surface area contributed by atoms with E-state index in [1.54, 1.807) is 6.07 Å². The molecule has 2 amide bonds. The van der Waals surface area contributed by atoms with Crippen molar-refractivity contribution in [1.82, 2.24) is 5.32 Å². The van der Waals surface area contributed by atoms with Gasteiger partial charge in [-0.25, -0.2) is 4.79 Å². The molecule has 2 rings (SSSR count). The Hall–Kier alpha value is -2.21. The summed E-state index contributed by atoms with van der Waals surface area (Å²) in [6.45, 7) is 4.43. The quantitative estimate of drug-likeness (QED) is 0.736. The van der Waals surface area contributed by atoms with Crippen LogP contribution in [0.25, 0.3) is 0 Å². The van der Waals surface area contributed by atoms with Gasteiger partial charge in [0.05, 0.1) is 6.61 Å². The van der Waals surface area contributed by atoms with E-state index in [1.165, 1.54) is 0 Å². The van der Waals surface area contributed by atoms with Gasteiger partial charge < -0.3 is 20.1 Å². The minimum atomic E-state index is -0.329. The molecule has 0 aromatic heterocycles. The van der Waals surface area contributed by atoms with Crippen LogP contribution in [0.15, 0.2) is 46.9 Å². The number of rotatable bonds is 6. The van der Waals surface area contributed by atoms with Crippen LogP contribution in [0.5, 0.6) is 11.5 Å². The molecule has 2 aromatic carbocycles. The Morgan fingerprint density at radius 3 is 2.48 bits per heavy atom. The lowest BCUT2D eigenvalue weighted by molar-refractivity contribution is 0.229. The van der Waals surface area contributed by atoms with E-state index in [0.29, 0.717) is 18.1 Å². The zero-order valence-electron chi connectivity index (χ0n) is 13.1. The second-order valence-corrected chi connectivity index (χ2v) is 5.67. The van der Waals surface area contributed by atoms with E-state index in [4.69, 9.17) is 9.47 Å². The van der Waals surface area contributed by atoms with E-state index in [0.717, 1.165) is 15.7 Å². The summed E-state index contributed by atoms with van der Waals surface area (Å²) in [5.41, 5.74) is 1.72. The number of para-hydroxylation sites is 2. The molecule has 0 saturated carbocycles. The second-order valence-electron chi connectivity index (χ2n) is 4.76. The average molecular weight is 379 g/mol. The number of benzene rings is 2. The van der Waals surface area contributed by atoms with Crippen molar-refractivity contribution < 1.29 is 14.3 Å². The minimum Gasteiger partial charge on any atom is -0.490 e. The van der Waals surface area contributed by atoms with Crippen LogP contribution in [0.2, 0.25) is 0 Å². The largest absolute Gasteiger partial charge is 0.490 e. The van der Waals surface area contributed by atoms with Crippen molar-refractivity contribution >= 4 is 27.6 Å². The van der Waals surface area contributed by atoms with Crippen LogP contribution in [0.1, 0.15) is 12.5 Å². The zero-order valence-corrected chi connectivity index (χ0v) is 14.6. The molecule has 2 aromatic rings. The Labute approximate surface area is 144 Å². The number of hydrogen-bond donors (Lipinski definition) is 2. The van der Waals surface area contributed by atoms with Crippen LogP contribution in [0.3, 0.4) is 0 Å². The molecule has 0 unspecified atom stereocenters. The van der Waals surface area contributed by atoms with Gasteiger partial charge in [0, 0.05) is 10.2 Å². The lowest BCUT2D eigenvalue weighted by Gasteiger charge is -2.13. The number of carbonyl (C=O) groups is 1. The molecule has 5 nitrogen and oxygen atoms in total. The Kier molecular flexibility index (Phi) is 6.29. The van der Waals surface area contributed by atoms with Crippen LogP contribution >= 0.6 is 15.9 Å². The Balaban J connectivity index is 1.85. The van der Waals surface area contributed by atoms with Gasteiger partial charge in [-0.15, -0.1) is 0 Å². The maximum atomic E-state index is 11.9. The summed E-state index contributed by atoms with van der Waals surface area (Å²) in [5.74, 6) is 1.25. The number of aryl methyl sites for hydroxylation is 1. The zero-order chi connectivity index (χ0) is 16.7. The fourth-order valence-corrected chi connectivity index (χ4v) is 2.43. The minimum absolute atomic E-state index is 0.0471. The second kappa shape index (κ2) is 8.43. The van der Waals surface area contributed by atoms with Crippen LogP contribution < -0.4 is 20.1 Å². The molecule has 0 radical (unpaired) electrons. The highest BCUT2D eigenvalue weighted by molar-refractivity contribution is 9.10. The molecule has 0 saturated heterocycles. The number of nitrogens with one attached hydrogen (secondary N) is 2. The summed E-state index contributed by atoms with van der Waals surface area (Å²) in [5, 5.41) is 5.43. The highest BCUT2D eigenvalue weighted by Crippen LogP contribution is 2.26. The third kappa shape index (κ3) is 5.17. The maximum Gasteiger partial charge on any atom is 0.321 e. The summed E-state index contributed by atoms with van der Waals surface area (Å²) < 4.78 is 12.0. The number of anilines is 1. The van der Waals surface area contributed by atoms with Crippen LogP contribution in [-0.2, 0) is 0 Å². The number of ether oxygens (including phenoxy) is 2. The van der Waals surface area contributed by atoms with Crippen molar-refractivity contribution in [2.45, 2.75) is 13.8 Å². The summed E-state index contributed by atoms with van der Waals surface area (Å²) in [7, 11) is 0. The van der Waals surface area contributed by atoms with Crippen molar-refractivity contribution in [2.75, 3.05) is 18.7 Å². The molecular formula is C17H19BrN2O3. The maximum absolute atomic E-state index is 11.9. The van der Waals surface area contributed by atoms with Crippen LogP contribution in [0, 0.1) is 6.92 Å². The standard InChI is InChI=1S/C17H19BrN2O3/c1-3-22-15-6-4-5-7-16(15)23-11-19-17(21)20-14-9-8-13(18)10-12(14)2/h4-10H,3,11H2,1-2H3,(H2,19,20,21). The first kappa shape index (κ1) is 17.1. The van der Waals surface area contributed by atoms with Gasteiger partial charge in [-0.1, -0.05) is 28.1 Å². The fraction of sp³-hybridized carbons (Fsp3) is 0.235. The van der Waals surface area contributed by atoms with Gasteiger partial charge in [0.1, 0.15) is 0 Å². The molecule has 0 atom stereocenters. The topological polar surface area (TPSA) is 59.6 Å². The monoisotopic (exact) mass is 378 g/mol. The van der Waals surface area contributed by atoms with Crippen molar-refractivity contribution in [2.24, 2.45) is 0 Å². The molecule has 0 aliphatic carbocycles. The first-order valence-electron chi connectivity index (χ1n) is 7.25. The Morgan fingerprint density at radius 2 is 1.83 bits per heavy atom. The van der Waals surface area contributed by atoms with Gasteiger partial charge in [0.2, 0.25) is 0 Å². The summed E-state index contributed by atoms with van der Waals surface area (Å²) >= 11 is 3.39. The number of amides is 2. The summed E-state index contributed by atoms with van der Waals surface area (Å²) in [6.07, 6.45) is 0. The predicted octanol–water partition coefficient (Wildman–Crippen LogP) is 4.31. The molecule has 0 fully saturated rings. The first-order chi connectivity index (χ1) is 11.1. The van der Waals surface area contributed by atoms with Crippen molar-refractivity contribution in [3.05, 3.63) is 52.5 Å². The van der Waals surface area contributed by atoms with E-state index in [-0.39, 0.29) is 12.8 Å². The van der Waals surface area contributed by atoms with Crippen molar-refractivity contribution in [3.63, 3.8) is 0 Å². The average Bonchev–Trinajstić information content (AvgIpc) is 2.52. The highest BCUT2D eigenvalue weighted by Gasteiger charge is 2.06. The summed E-state index contributed by atoms with van der Waals surface area (Å²) in [6, 6.07) is 12.7. The smallest absolute Gasteiger partial charge is 0.321 e. The summed E-state index contributed by atoms with van der Waals surface area (Å²) in [4.78, 5) is 11.9.